The summed E-state index contributed by atoms with van der Waals surface area (Å²) in [4.78, 5) is 4.42. The van der Waals surface area contributed by atoms with Crippen LogP contribution in [0.4, 0.5) is 10.1 Å². The molecule has 0 bridgehead atoms. The van der Waals surface area contributed by atoms with E-state index in [9.17, 15) is 4.39 Å². The van der Waals surface area contributed by atoms with E-state index in [1.807, 2.05) is 49.4 Å². The van der Waals surface area contributed by atoms with Gasteiger partial charge in [0.25, 0.3) is 0 Å². The van der Waals surface area contributed by atoms with Gasteiger partial charge in [0, 0.05) is 11.2 Å². The molecule has 0 N–H and O–H groups in total. The number of halogens is 2. The number of aliphatic imine (C=N–C) groups is 1. The molecule has 2 nitrogen and oxygen atoms in total. The van der Waals surface area contributed by atoms with Gasteiger partial charge in [-0.25, -0.2) is 4.39 Å². The summed E-state index contributed by atoms with van der Waals surface area (Å²) in [5, 5.41) is 0.708. The largest absolute Gasteiger partial charge is 0.489 e. The van der Waals surface area contributed by atoms with E-state index in [2.05, 4.69) is 4.99 Å². The van der Waals surface area contributed by atoms with Crippen LogP contribution in [-0.2, 0) is 6.61 Å². The van der Waals surface area contributed by atoms with Crippen molar-refractivity contribution in [3.05, 3.63) is 94.3 Å². The second kappa shape index (κ2) is 7.95. The molecule has 0 atom stereocenters. The lowest BCUT2D eigenvalue weighted by molar-refractivity contribution is 0.306. The van der Waals surface area contributed by atoms with Crippen LogP contribution in [0.3, 0.4) is 0 Å². The third-order valence-corrected chi connectivity index (χ3v) is 4.12. The number of nitrogens with zero attached hydrogens (tertiary/aromatic N) is 1. The molecule has 3 rings (SSSR count). The van der Waals surface area contributed by atoms with Gasteiger partial charge in [-0.1, -0.05) is 29.8 Å². The number of hydrogen-bond donors (Lipinski definition) is 0. The zero-order valence-corrected chi connectivity index (χ0v) is 14.5. The normalized spacial score (nSPS) is 11.0. The van der Waals surface area contributed by atoms with Gasteiger partial charge in [-0.05, 0) is 72.1 Å². The minimum absolute atomic E-state index is 0.248. The lowest BCUT2D eigenvalue weighted by Crippen LogP contribution is -1.95. The Bertz CT molecular complexity index is 873. The Balaban J connectivity index is 1.60. The molecule has 3 aromatic carbocycles. The van der Waals surface area contributed by atoms with Gasteiger partial charge in [-0.15, -0.1) is 0 Å². The van der Waals surface area contributed by atoms with E-state index in [0.717, 1.165) is 28.1 Å². The molecule has 0 radical (unpaired) electrons. The van der Waals surface area contributed by atoms with E-state index in [0.29, 0.717) is 11.6 Å². The van der Waals surface area contributed by atoms with Crippen LogP contribution in [0.2, 0.25) is 5.02 Å². The third kappa shape index (κ3) is 4.91. The summed E-state index contributed by atoms with van der Waals surface area (Å²) in [7, 11) is 0. The highest BCUT2D eigenvalue weighted by atomic mass is 35.5. The number of rotatable bonds is 5. The van der Waals surface area contributed by atoms with E-state index in [1.54, 1.807) is 18.3 Å². The summed E-state index contributed by atoms with van der Waals surface area (Å²) in [6.07, 6.45) is 1.78. The van der Waals surface area contributed by atoms with Gasteiger partial charge in [-0.3, -0.25) is 4.99 Å². The zero-order valence-electron chi connectivity index (χ0n) is 13.7. The van der Waals surface area contributed by atoms with Crippen molar-refractivity contribution in [3.63, 3.8) is 0 Å². The van der Waals surface area contributed by atoms with Crippen molar-refractivity contribution in [2.75, 3.05) is 0 Å². The van der Waals surface area contributed by atoms with Gasteiger partial charge in [0.15, 0.2) is 0 Å². The average molecular weight is 354 g/mol. The molecule has 4 heteroatoms. The molecule has 126 valence electrons. The molecule has 0 aliphatic rings. The van der Waals surface area contributed by atoms with Crippen molar-refractivity contribution < 1.29 is 9.13 Å². The average Bonchev–Trinajstić information content (AvgIpc) is 2.63. The SMILES string of the molecule is Cc1ccc(N=Cc2ccc(OCc3ccc(F)cc3)cc2)cc1Cl. The maximum absolute atomic E-state index is 12.9. The van der Waals surface area contributed by atoms with Crippen LogP contribution in [0.5, 0.6) is 5.75 Å². The Morgan fingerprint density at radius 2 is 1.72 bits per heavy atom. The molecule has 0 amide bonds. The minimum Gasteiger partial charge on any atom is -0.489 e. The van der Waals surface area contributed by atoms with Gasteiger partial charge in [0.05, 0.1) is 5.69 Å². The molecule has 0 saturated heterocycles. The highest BCUT2D eigenvalue weighted by molar-refractivity contribution is 6.31. The topological polar surface area (TPSA) is 21.6 Å². The molecule has 0 saturated carbocycles. The Kier molecular flexibility index (Phi) is 5.46. The van der Waals surface area contributed by atoms with Gasteiger partial charge >= 0.3 is 0 Å². The maximum Gasteiger partial charge on any atom is 0.123 e. The van der Waals surface area contributed by atoms with E-state index >= 15 is 0 Å². The second-order valence-electron chi connectivity index (χ2n) is 5.68. The number of benzene rings is 3. The van der Waals surface area contributed by atoms with E-state index in [1.165, 1.54) is 12.1 Å². The number of ether oxygens (including phenoxy) is 1. The number of aryl methyl sites for hydroxylation is 1. The van der Waals surface area contributed by atoms with Gasteiger partial charge < -0.3 is 4.74 Å². The first-order valence-corrected chi connectivity index (χ1v) is 8.25. The predicted molar refractivity (Wildman–Crippen MR) is 101 cm³/mol. The van der Waals surface area contributed by atoms with Crippen LogP contribution < -0.4 is 4.74 Å². The molecule has 25 heavy (non-hydrogen) atoms. The first kappa shape index (κ1) is 17.2. The van der Waals surface area contributed by atoms with Crippen LogP contribution in [0.15, 0.2) is 71.7 Å². The van der Waals surface area contributed by atoms with Gasteiger partial charge in [-0.2, -0.15) is 0 Å². The highest BCUT2D eigenvalue weighted by Gasteiger charge is 1.98. The molecular weight excluding hydrogens is 337 g/mol. The lowest BCUT2D eigenvalue weighted by atomic mass is 10.2. The molecule has 0 heterocycles. The molecule has 3 aromatic rings. The standard InChI is InChI=1S/C21H17ClFNO/c1-15-2-9-19(12-21(15)22)24-13-16-5-10-20(11-6-16)25-14-17-3-7-18(23)8-4-17/h2-13H,14H2,1H3. The molecule has 0 aliphatic heterocycles. The summed E-state index contributed by atoms with van der Waals surface area (Å²) in [6, 6.07) is 19.6. The van der Waals surface area contributed by atoms with Gasteiger partial charge in [0.2, 0.25) is 0 Å². The second-order valence-corrected chi connectivity index (χ2v) is 6.08. The molecule has 0 fully saturated rings. The van der Waals surface area contributed by atoms with Crippen LogP contribution in [0.25, 0.3) is 0 Å². The maximum atomic E-state index is 12.9. The molecule has 0 aliphatic carbocycles. The Hall–Kier alpha value is -2.65. The predicted octanol–water partition coefficient (Wildman–Crippen LogP) is 6.12. The van der Waals surface area contributed by atoms with Crippen molar-refractivity contribution in [2.24, 2.45) is 4.99 Å². The van der Waals surface area contributed by atoms with E-state index in [-0.39, 0.29) is 5.82 Å². The summed E-state index contributed by atoms with van der Waals surface area (Å²) < 4.78 is 18.6. The summed E-state index contributed by atoms with van der Waals surface area (Å²) in [5.41, 5.74) is 3.73. The lowest BCUT2D eigenvalue weighted by Gasteiger charge is -2.06. The first-order valence-electron chi connectivity index (χ1n) is 7.88. The van der Waals surface area contributed by atoms with Crippen molar-refractivity contribution in [1.29, 1.82) is 0 Å². The fourth-order valence-electron chi connectivity index (χ4n) is 2.21. The van der Waals surface area contributed by atoms with Crippen LogP contribution in [-0.4, -0.2) is 6.21 Å². The molecule has 0 aromatic heterocycles. The van der Waals surface area contributed by atoms with Gasteiger partial charge in [0.1, 0.15) is 18.2 Å². The fourth-order valence-corrected chi connectivity index (χ4v) is 2.38. The Morgan fingerprint density at radius 3 is 2.40 bits per heavy atom. The van der Waals surface area contributed by atoms with Crippen molar-refractivity contribution in [2.45, 2.75) is 13.5 Å². The summed E-state index contributed by atoms with van der Waals surface area (Å²) in [6.45, 7) is 2.36. The van der Waals surface area contributed by atoms with Crippen LogP contribution in [0.1, 0.15) is 16.7 Å². The van der Waals surface area contributed by atoms with Crippen LogP contribution >= 0.6 is 11.6 Å². The molecule has 0 spiro atoms. The minimum atomic E-state index is -0.248. The van der Waals surface area contributed by atoms with E-state index in [4.69, 9.17) is 16.3 Å². The Labute approximate surface area is 151 Å². The molecular formula is C21H17ClFNO. The first-order chi connectivity index (χ1) is 12.1. The summed E-state index contributed by atoms with van der Waals surface area (Å²) >= 11 is 6.10. The third-order valence-electron chi connectivity index (χ3n) is 3.72. The van der Waals surface area contributed by atoms with Crippen molar-refractivity contribution in [1.82, 2.24) is 0 Å². The highest BCUT2D eigenvalue weighted by Crippen LogP contribution is 2.22. The number of hydrogen-bond acceptors (Lipinski definition) is 2. The Morgan fingerprint density at radius 1 is 1.00 bits per heavy atom. The summed E-state index contributed by atoms with van der Waals surface area (Å²) in [5.74, 6) is 0.502. The van der Waals surface area contributed by atoms with Crippen molar-refractivity contribution in [3.8, 4) is 5.75 Å². The molecule has 0 unspecified atom stereocenters. The van der Waals surface area contributed by atoms with E-state index < -0.39 is 0 Å². The van der Waals surface area contributed by atoms with Crippen LogP contribution in [0, 0.1) is 12.7 Å². The smallest absolute Gasteiger partial charge is 0.123 e. The fraction of sp³-hybridized carbons (Fsp3) is 0.0952. The quantitative estimate of drug-likeness (QED) is 0.506. The zero-order chi connectivity index (χ0) is 17.6. The monoisotopic (exact) mass is 353 g/mol. The van der Waals surface area contributed by atoms with Crippen molar-refractivity contribution >= 4 is 23.5 Å².